The van der Waals surface area contributed by atoms with Crippen molar-refractivity contribution in [2.75, 3.05) is 13.7 Å². The summed E-state index contributed by atoms with van der Waals surface area (Å²) in [4.78, 5) is 0. The van der Waals surface area contributed by atoms with E-state index in [1.165, 1.54) is 5.56 Å². The lowest BCUT2D eigenvalue weighted by molar-refractivity contribution is 0.183. The van der Waals surface area contributed by atoms with Gasteiger partial charge < -0.3 is 15.2 Å². The summed E-state index contributed by atoms with van der Waals surface area (Å²) in [5, 5.41) is 12.3. The molecule has 0 aliphatic heterocycles. The summed E-state index contributed by atoms with van der Waals surface area (Å²) in [6, 6.07) is 7.97. The Labute approximate surface area is 91.1 Å². The molecule has 0 radical (unpaired) electrons. The zero-order valence-electron chi connectivity index (χ0n) is 9.36. The molecule has 3 heteroatoms. The van der Waals surface area contributed by atoms with Gasteiger partial charge in [0.15, 0.2) is 0 Å². The van der Waals surface area contributed by atoms with E-state index in [1.54, 1.807) is 14.0 Å². The number of aliphatic hydroxyl groups excluding tert-OH is 1. The molecule has 0 spiro atoms. The van der Waals surface area contributed by atoms with E-state index in [1.807, 2.05) is 24.3 Å². The van der Waals surface area contributed by atoms with Gasteiger partial charge in [-0.25, -0.2) is 0 Å². The van der Waals surface area contributed by atoms with Crippen molar-refractivity contribution in [2.45, 2.75) is 26.0 Å². The molecule has 84 valence electrons. The summed E-state index contributed by atoms with van der Waals surface area (Å²) < 4.78 is 5.07. The number of benzene rings is 1. The van der Waals surface area contributed by atoms with Crippen molar-refractivity contribution in [3.8, 4) is 5.75 Å². The first-order valence-corrected chi connectivity index (χ1v) is 5.24. The summed E-state index contributed by atoms with van der Waals surface area (Å²) in [7, 11) is 1.66. The van der Waals surface area contributed by atoms with Gasteiger partial charge in [-0.3, -0.25) is 0 Å². The van der Waals surface area contributed by atoms with Crippen LogP contribution in [0.4, 0.5) is 0 Å². The highest BCUT2D eigenvalue weighted by Crippen LogP contribution is 2.10. The van der Waals surface area contributed by atoms with Crippen molar-refractivity contribution in [1.82, 2.24) is 5.32 Å². The van der Waals surface area contributed by atoms with Gasteiger partial charge in [-0.2, -0.15) is 0 Å². The van der Waals surface area contributed by atoms with E-state index in [2.05, 4.69) is 5.32 Å². The van der Waals surface area contributed by atoms with Crippen LogP contribution in [0.2, 0.25) is 0 Å². The SMILES string of the molecule is COc1ccc(CNCCC(C)O)cc1. The zero-order valence-corrected chi connectivity index (χ0v) is 9.36. The molecule has 1 rings (SSSR count). The molecule has 15 heavy (non-hydrogen) atoms. The Morgan fingerprint density at radius 3 is 2.53 bits per heavy atom. The number of aliphatic hydroxyl groups is 1. The Hall–Kier alpha value is -1.06. The van der Waals surface area contributed by atoms with Crippen molar-refractivity contribution < 1.29 is 9.84 Å². The lowest BCUT2D eigenvalue weighted by Crippen LogP contribution is -2.18. The van der Waals surface area contributed by atoms with Crippen LogP contribution in [0.25, 0.3) is 0 Å². The van der Waals surface area contributed by atoms with Crippen molar-refractivity contribution in [3.05, 3.63) is 29.8 Å². The van der Waals surface area contributed by atoms with Crippen LogP contribution in [-0.2, 0) is 6.54 Å². The van der Waals surface area contributed by atoms with Crippen LogP contribution >= 0.6 is 0 Å². The minimum atomic E-state index is -0.228. The Morgan fingerprint density at radius 1 is 1.33 bits per heavy atom. The van der Waals surface area contributed by atoms with Gasteiger partial charge in [-0.15, -0.1) is 0 Å². The third-order valence-electron chi connectivity index (χ3n) is 2.23. The predicted octanol–water partition coefficient (Wildman–Crippen LogP) is 1.56. The maximum Gasteiger partial charge on any atom is 0.118 e. The Kier molecular flexibility index (Phi) is 5.15. The topological polar surface area (TPSA) is 41.5 Å². The van der Waals surface area contributed by atoms with E-state index in [0.29, 0.717) is 0 Å². The number of hydrogen-bond donors (Lipinski definition) is 2. The molecular weight excluding hydrogens is 190 g/mol. The van der Waals surface area contributed by atoms with Crippen LogP contribution in [-0.4, -0.2) is 24.9 Å². The van der Waals surface area contributed by atoms with Crippen LogP contribution in [0.3, 0.4) is 0 Å². The number of hydrogen-bond acceptors (Lipinski definition) is 3. The highest BCUT2D eigenvalue weighted by Gasteiger charge is 1.96. The summed E-state index contributed by atoms with van der Waals surface area (Å²) in [6.45, 7) is 3.47. The van der Waals surface area contributed by atoms with E-state index in [9.17, 15) is 0 Å². The number of nitrogens with one attached hydrogen (secondary N) is 1. The van der Waals surface area contributed by atoms with E-state index < -0.39 is 0 Å². The Balaban J connectivity index is 2.25. The normalized spacial score (nSPS) is 12.5. The second kappa shape index (κ2) is 6.43. The van der Waals surface area contributed by atoms with Crippen molar-refractivity contribution in [2.24, 2.45) is 0 Å². The van der Waals surface area contributed by atoms with Gasteiger partial charge in [-0.1, -0.05) is 12.1 Å². The zero-order chi connectivity index (χ0) is 11.1. The Bertz CT molecular complexity index is 269. The second-order valence-corrected chi connectivity index (χ2v) is 3.66. The molecule has 1 unspecified atom stereocenters. The van der Waals surface area contributed by atoms with Crippen molar-refractivity contribution >= 4 is 0 Å². The molecule has 0 saturated heterocycles. The molecular formula is C12H19NO2. The van der Waals surface area contributed by atoms with Crippen LogP contribution < -0.4 is 10.1 Å². The van der Waals surface area contributed by atoms with Crippen molar-refractivity contribution in [1.29, 1.82) is 0 Å². The fourth-order valence-electron chi connectivity index (χ4n) is 1.29. The van der Waals surface area contributed by atoms with Gasteiger partial charge in [0, 0.05) is 6.54 Å². The Morgan fingerprint density at radius 2 is 2.00 bits per heavy atom. The maximum atomic E-state index is 9.06. The average Bonchev–Trinajstić information content (AvgIpc) is 2.25. The molecule has 0 saturated carbocycles. The van der Waals surface area contributed by atoms with E-state index in [0.717, 1.165) is 25.3 Å². The van der Waals surface area contributed by atoms with Gasteiger partial charge >= 0.3 is 0 Å². The monoisotopic (exact) mass is 209 g/mol. The number of ether oxygens (including phenoxy) is 1. The molecule has 1 atom stereocenters. The smallest absolute Gasteiger partial charge is 0.118 e. The van der Waals surface area contributed by atoms with Gasteiger partial charge in [0.1, 0.15) is 5.75 Å². The molecule has 0 aliphatic rings. The van der Waals surface area contributed by atoms with Gasteiger partial charge in [-0.05, 0) is 37.6 Å². The first-order valence-electron chi connectivity index (χ1n) is 5.24. The van der Waals surface area contributed by atoms with Crippen molar-refractivity contribution in [3.63, 3.8) is 0 Å². The first kappa shape index (κ1) is 12.0. The highest BCUT2D eigenvalue weighted by atomic mass is 16.5. The minimum Gasteiger partial charge on any atom is -0.497 e. The van der Waals surface area contributed by atoms with Gasteiger partial charge in [0.05, 0.1) is 13.2 Å². The molecule has 0 bridgehead atoms. The van der Waals surface area contributed by atoms with Crippen LogP contribution in [0.1, 0.15) is 18.9 Å². The quantitative estimate of drug-likeness (QED) is 0.699. The molecule has 0 aromatic heterocycles. The number of methoxy groups -OCH3 is 1. The molecule has 0 heterocycles. The third kappa shape index (κ3) is 4.81. The summed E-state index contributed by atoms with van der Waals surface area (Å²) in [6.07, 6.45) is 0.559. The second-order valence-electron chi connectivity index (χ2n) is 3.66. The summed E-state index contributed by atoms with van der Waals surface area (Å²) >= 11 is 0. The fraction of sp³-hybridized carbons (Fsp3) is 0.500. The number of rotatable bonds is 6. The molecule has 1 aromatic carbocycles. The van der Waals surface area contributed by atoms with E-state index in [-0.39, 0.29) is 6.10 Å². The van der Waals surface area contributed by atoms with Crippen LogP contribution in [0.5, 0.6) is 5.75 Å². The summed E-state index contributed by atoms with van der Waals surface area (Å²) in [5.74, 6) is 0.878. The first-order chi connectivity index (χ1) is 7.22. The fourth-order valence-corrected chi connectivity index (χ4v) is 1.29. The lowest BCUT2D eigenvalue weighted by Gasteiger charge is -2.07. The molecule has 1 aromatic rings. The third-order valence-corrected chi connectivity index (χ3v) is 2.23. The molecule has 3 nitrogen and oxygen atoms in total. The minimum absolute atomic E-state index is 0.228. The average molecular weight is 209 g/mol. The van der Waals surface area contributed by atoms with Crippen LogP contribution in [0.15, 0.2) is 24.3 Å². The molecule has 2 N–H and O–H groups in total. The van der Waals surface area contributed by atoms with E-state index in [4.69, 9.17) is 9.84 Å². The largest absolute Gasteiger partial charge is 0.497 e. The maximum absolute atomic E-state index is 9.06. The standard InChI is InChI=1S/C12H19NO2/c1-10(14)7-8-13-9-11-3-5-12(15-2)6-4-11/h3-6,10,13-14H,7-9H2,1-2H3. The highest BCUT2D eigenvalue weighted by molar-refractivity contribution is 5.26. The molecule has 0 aliphatic carbocycles. The van der Waals surface area contributed by atoms with Gasteiger partial charge in [0.2, 0.25) is 0 Å². The summed E-state index contributed by atoms with van der Waals surface area (Å²) in [5.41, 5.74) is 1.22. The lowest BCUT2D eigenvalue weighted by atomic mass is 10.2. The van der Waals surface area contributed by atoms with Crippen LogP contribution in [0, 0.1) is 0 Å². The molecule has 0 fully saturated rings. The predicted molar refractivity (Wildman–Crippen MR) is 61.0 cm³/mol. The molecule has 0 amide bonds. The van der Waals surface area contributed by atoms with E-state index >= 15 is 0 Å². The van der Waals surface area contributed by atoms with Gasteiger partial charge in [0.25, 0.3) is 0 Å².